The maximum absolute atomic E-state index is 14.6. The summed E-state index contributed by atoms with van der Waals surface area (Å²) in [7, 11) is 0. The van der Waals surface area contributed by atoms with Gasteiger partial charge in [0.15, 0.2) is 0 Å². The summed E-state index contributed by atoms with van der Waals surface area (Å²) in [5.41, 5.74) is 3.52. The van der Waals surface area contributed by atoms with Crippen LogP contribution in [0.4, 0.5) is 4.39 Å². The molecule has 0 bridgehead atoms. The Hall–Kier alpha value is -3.67. The SMILES string of the molecule is CCc1ccc2c(c1)c(-c1ccc[nH]c1=O)c(C(=O)NC1CC1)n2Cc1ccccc1F. The molecule has 0 spiro atoms. The Morgan fingerprint density at radius 3 is 2.69 bits per heavy atom. The van der Waals surface area contributed by atoms with Crippen LogP contribution in [0.1, 0.15) is 41.4 Å². The fraction of sp³-hybridized carbons (Fsp3) is 0.231. The minimum atomic E-state index is -0.327. The van der Waals surface area contributed by atoms with E-state index in [2.05, 4.69) is 17.2 Å². The zero-order valence-corrected chi connectivity index (χ0v) is 17.8. The lowest BCUT2D eigenvalue weighted by Crippen LogP contribution is -2.29. The summed E-state index contributed by atoms with van der Waals surface area (Å²) in [6.07, 6.45) is 4.29. The number of aromatic amines is 1. The maximum Gasteiger partial charge on any atom is 0.268 e. The van der Waals surface area contributed by atoms with Gasteiger partial charge in [-0.2, -0.15) is 0 Å². The third-order valence-electron chi connectivity index (χ3n) is 6.04. The number of benzene rings is 2. The molecule has 0 saturated heterocycles. The summed E-state index contributed by atoms with van der Waals surface area (Å²) in [5.74, 6) is -0.566. The van der Waals surface area contributed by atoms with Crippen LogP contribution in [0.2, 0.25) is 0 Å². The van der Waals surface area contributed by atoms with E-state index in [4.69, 9.17) is 0 Å². The van der Waals surface area contributed by atoms with Crippen molar-refractivity contribution < 1.29 is 9.18 Å². The average molecular weight is 429 g/mol. The van der Waals surface area contributed by atoms with Crippen molar-refractivity contribution in [3.05, 3.63) is 93.8 Å². The number of carbonyl (C=O) groups excluding carboxylic acids is 1. The second kappa shape index (κ2) is 8.11. The molecular weight excluding hydrogens is 405 g/mol. The molecule has 2 N–H and O–H groups in total. The Balaban J connectivity index is 1.82. The van der Waals surface area contributed by atoms with Gasteiger partial charge in [-0.25, -0.2) is 4.39 Å². The molecule has 4 aromatic rings. The number of nitrogens with zero attached hydrogens (tertiary/aromatic N) is 1. The fourth-order valence-corrected chi connectivity index (χ4v) is 4.19. The molecule has 1 aliphatic rings. The highest BCUT2D eigenvalue weighted by molar-refractivity contribution is 6.10. The van der Waals surface area contributed by atoms with Crippen LogP contribution in [-0.2, 0) is 13.0 Å². The third-order valence-corrected chi connectivity index (χ3v) is 6.04. The van der Waals surface area contributed by atoms with E-state index in [9.17, 15) is 14.0 Å². The molecule has 1 fully saturated rings. The van der Waals surface area contributed by atoms with Crippen LogP contribution >= 0.6 is 0 Å². The lowest BCUT2D eigenvalue weighted by molar-refractivity contribution is 0.0943. The second-order valence-electron chi connectivity index (χ2n) is 8.27. The molecule has 0 unspecified atom stereocenters. The molecule has 5 nitrogen and oxygen atoms in total. The highest BCUT2D eigenvalue weighted by Crippen LogP contribution is 2.36. The van der Waals surface area contributed by atoms with Gasteiger partial charge < -0.3 is 14.9 Å². The molecule has 2 aromatic heterocycles. The van der Waals surface area contributed by atoms with Gasteiger partial charge in [-0.05, 0) is 55.2 Å². The first-order valence-electron chi connectivity index (χ1n) is 10.9. The van der Waals surface area contributed by atoms with Gasteiger partial charge in [0.25, 0.3) is 11.5 Å². The van der Waals surface area contributed by atoms with Crippen LogP contribution < -0.4 is 10.9 Å². The third kappa shape index (κ3) is 3.62. The fourth-order valence-electron chi connectivity index (χ4n) is 4.19. The molecule has 162 valence electrons. The highest BCUT2D eigenvalue weighted by atomic mass is 19.1. The van der Waals surface area contributed by atoms with Crippen molar-refractivity contribution >= 4 is 16.8 Å². The predicted molar refractivity (Wildman–Crippen MR) is 123 cm³/mol. The number of aromatic nitrogens is 2. The Labute approximate surface area is 184 Å². The summed E-state index contributed by atoms with van der Waals surface area (Å²) >= 11 is 0. The molecule has 5 rings (SSSR count). The zero-order chi connectivity index (χ0) is 22.2. The number of halogens is 1. The minimum absolute atomic E-state index is 0.149. The van der Waals surface area contributed by atoms with E-state index in [0.29, 0.717) is 22.4 Å². The average Bonchev–Trinajstić information content (AvgIpc) is 3.56. The number of nitrogens with one attached hydrogen (secondary N) is 2. The maximum atomic E-state index is 14.6. The molecule has 1 amide bonds. The van der Waals surface area contributed by atoms with Gasteiger partial charge in [0.05, 0.1) is 6.54 Å². The van der Waals surface area contributed by atoms with E-state index < -0.39 is 0 Å². The van der Waals surface area contributed by atoms with Gasteiger partial charge in [0.1, 0.15) is 11.5 Å². The van der Waals surface area contributed by atoms with Gasteiger partial charge in [-0.15, -0.1) is 0 Å². The van der Waals surface area contributed by atoms with Crippen LogP contribution in [0.25, 0.3) is 22.0 Å². The van der Waals surface area contributed by atoms with Crippen molar-refractivity contribution in [3.8, 4) is 11.1 Å². The van der Waals surface area contributed by atoms with E-state index in [1.807, 2.05) is 22.8 Å². The molecule has 32 heavy (non-hydrogen) atoms. The van der Waals surface area contributed by atoms with Gasteiger partial charge in [0, 0.05) is 39.8 Å². The Morgan fingerprint density at radius 1 is 1.16 bits per heavy atom. The molecule has 0 atom stereocenters. The van der Waals surface area contributed by atoms with Crippen molar-refractivity contribution in [2.24, 2.45) is 0 Å². The van der Waals surface area contributed by atoms with Crippen molar-refractivity contribution in [2.45, 2.75) is 38.8 Å². The van der Waals surface area contributed by atoms with Gasteiger partial charge >= 0.3 is 0 Å². The van der Waals surface area contributed by atoms with Crippen LogP contribution in [0, 0.1) is 5.82 Å². The molecule has 1 aliphatic carbocycles. The molecule has 0 radical (unpaired) electrons. The summed E-state index contributed by atoms with van der Waals surface area (Å²) in [6.45, 7) is 2.25. The van der Waals surface area contributed by atoms with Gasteiger partial charge in [0.2, 0.25) is 0 Å². The monoisotopic (exact) mass is 429 g/mol. The molecular formula is C26H24FN3O2. The Bertz CT molecular complexity index is 1380. The van der Waals surface area contributed by atoms with Crippen molar-refractivity contribution in [3.63, 3.8) is 0 Å². The summed E-state index contributed by atoms with van der Waals surface area (Å²) in [5, 5.41) is 3.88. The topological polar surface area (TPSA) is 66.9 Å². The van der Waals surface area contributed by atoms with Crippen LogP contribution in [0.3, 0.4) is 0 Å². The number of amides is 1. The van der Waals surface area contributed by atoms with E-state index >= 15 is 0 Å². The number of aryl methyl sites for hydroxylation is 1. The van der Waals surface area contributed by atoms with Gasteiger partial charge in [-0.3, -0.25) is 9.59 Å². The van der Waals surface area contributed by atoms with Crippen LogP contribution in [0.5, 0.6) is 0 Å². The lowest BCUT2D eigenvalue weighted by atomic mass is 10.0. The first-order chi connectivity index (χ1) is 15.6. The minimum Gasteiger partial charge on any atom is -0.348 e. The molecule has 6 heteroatoms. The number of carbonyl (C=O) groups is 1. The van der Waals surface area contributed by atoms with Gasteiger partial charge in [-0.1, -0.05) is 31.2 Å². The van der Waals surface area contributed by atoms with Crippen LogP contribution in [-0.4, -0.2) is 21.5 Å². The number of hydrogen-bond acceptors (Lipinski definition) is 2. The number of hydrogen-bond donors (Lipinski definition) is 2. The Kier molecular flexibility index (Phi) is 5.13. The second-order valence-corrected chi connectivity index (χ2v) is 8.27. The number of fused-ring (bicyclic) bond motifs is 1. The normalized spacial score (nSPS) is 13.4. The molecule has 0 aliphatic heterocycles. The number of pyridine rings is 1. The van der Waals surface area contributed by atoms with Crippen LogP contribution in [0.15, 0.2) is 65.6 Å². The van der Waals surface area contributed by atoms with E-state index in [1.165, 1.54) is 6.07 Å². The lowest BCUT2D eigenvalue weighted by Gasteiger charge is -2.13. The van der Waals surface area contributed by atoms with Crippen molar-refractivity contribution in [1.29, 1.82) is 0 Å². The zero-order valence-electron chi connectivity index (χ0n) is 17.8. The molecule has 1 saturated carbocycles. The molecule has 2 heterocycles. The Morgan fingerprint density at radius 2 is 1.97 bits per heavy atom. The van der Waals surface area contributed by atoms with E-state index in [0.717, 1.165) is 35.7 Å². The summed E-state index contributed by atoms with van der Waals surface area (Å²) < 4.78 is 16.4. The molecule has 2 aromatic carbocycles. The largest absolute Gasteiger partial charge is 0.348 e. The first kappa shape index (κ1) is 20.2. The van der Waals surface area contributed by atoms with Crippen molar-refractivity contribution in [1.82, 2.24) is 14.9 Å². The summed E-state index contributed by atoms with van der Waals surface area (Å²) in [4.78, 5) is 29.0. The van der Waals surface area contributed by atoms with Crippen molar-refractivity contribution in [2.75, 3.05) is 0 Å². The predicted octanol–water partition coefficient (Wildman–Crippen LogP) is 4.64. The van der Waals surface area contributed by atoms with E-state index in [-0.39, 0.29) is 29.9 Å². The number of H-pyrrole nitrogens is 1. The first-order valence-corrected chi connectivity index (χ1v) is 10.9. The quantitative estimate of drug-likeness (QED) is 0.469. The van der Waals surface area contributed by atoms with E-state index in [1.54, 1.807) is 36.5 Å². The standard InChI is InChI=1S/C26H24FN3O2/c1-2-16-9-12-22-20(14-16)23(19-7-5-13-28-25(19)31)24(26(32)29-18-10-11-18)30(22)15-17-6-3-4-8-21(17)27/h3-9,12-14,18H,2,10-11,15H2,1H3,(H,28,31)(H,29,32). The summed E-state index contributed by atoms with van der Waals surface area (Å²) in [6, 6.07) is 16.2. The highest BCUT2D eigenvalue weighted by Gasteiger charge is 2.30. The smallest absolute Gasteiger partial charge is 0.268 e. The number of rotatable bonds is 6.